The Labute approximate surface area is 202 Å². The van der Waals surface area contributed by atoms with Gasteiger partial charge in [0.25, 0.3) is 0 Å². The van der Waals surface area contributed by atoms with Crippen LogP contribution in [-0.2, 0) is 22.4 Å². The molecule has 3 aromatic rings. The first-order chi connectivity index (χ1) is 16.7. The summed E-state index contributed by atoms with van der Waals surface area (Å²) in [4.78, 5) is 15.4. The van der Waals surface area contributed by atoms with E-state index in [0.29, 0.717) is 5.75 Å². The smallest absolute Gasteiger partial charge is 0.327 e. The topological polar surface area (TPSA) is 48.0 Å². The molecule has 2 unspecified atom stereocenters. The van der Waals surface area contributed by atoms with Crippen LogP contribution in [0, 0.1) is 0 Å². The highest BCUT2D eigenvalue weighted by atomic mass is 16.5. The Kier molecular flexibility index (Phi) is 7.86. The molecule has 0 bridgehead atoms. The standard InChI is InChI=1S/C29H33NO4/c1-32-26-19-23-17-18-30(28(29(31)34-3)22-14-8-5-9-15-22)25(24(23)20-27(26)33-2)16-10-13-21-11-6-4-7-12-21/h4-9,11-12,14-15,19-20,25,28H,10,13,16-18H2,1-3H3. The molecule has 1 aliphatic heterocycles. The summed E-state index contributed by atoms with van der Waals surface area (Å²) in [5.74, 6) is 1.22. The number of carbonyl (C=O) groups excluding carboxylic acids is 1. The van der Waals surface area contributed by atoms with E-state index in [2.05, 4.69) is 41.3 Å². The maximum absolute atomic E-state index is 13.1. The van der Waals surface area contributed by atoms with Crippen LogP contribution in [0.25, 0.3) is 0 Å². The Morgan fingerprint density at radius 3 is 2.24 bits per heavy atom. The third-order valence-electron chi connectivity index (χ3n) is 6.70. The lowest BCUT2D eigenvalue weighted by atomic mass is 9.86. The fourth-order valence-electron chi connectivity index (χ4n) is 5.03. The van der Waals surface area contributed by atoms with Crippen molar-refractivity contribution in [2.24, 2.45) is 0 Å². The van der Waals surface area contributed by atoms with Gasteiger partial charge in [-0.05, 0) is 60.1 Å². The Bertz CT molecular complexity index is 1080. The van der Waals surface area contributed by atoms with E-state index in [4.69, 9.17) is 14.2 Å². The van der Waals surface area contributed by atoms with Crippen LogP contribution in [0.1, 0.15) is 47.2 Å². The van der Waals surface area contributed by atoms with Gasteiger partial charge in [-0.25, -0.2) is 4.79 Å². The number of benzene rings is 3. The molecule has 3 aromatic carbocycles. The van der Waals surface area contributed by atoms with E-state index in [1.54, 1.807) is 14.2 Å². The van der Waals surface area contributed by atoms with Crippen molar-refractivity contribution in [3.63, 3.8) is 0 Å². The first-order valence-corrected chi connectivity index (χ1v) is 11.8. The van der Waals surface area contributed by atoms with Gasteiger partial charge in [0.05, 0.1) is 21.3 Å². The molecule has 0 saturated carbocycles. The van der Waals surface area contributed by atoms with Crippen molar-refractivity contribution < 1.29 is 19.0 Å². The van der Waals surface area contributed by atoms with Crippen LogP contribution in [0.15, 0.2) is 72.8 Å². The Balaban J connectivity index is 1.71. The summed E-state index contributed by atoms with van der Waals surface area (Å²) in [7, 11) is 4.80. The molecular formula is C29H33NO4. The number of fused-ring (bicyclic) bond motifs is 1. The Hall–Kier alpha value is -3.31. The van der Waals surface area contributed by atoms with E-state index in [-0.39, 0.29) is 12.0 Å². The molecule has 0 aliphatic carbocycles. The van der Waals surface area contributed by atoms with E-state index in [0.717, 1.165) is 43.5 Å². The molecule has 2 atom stereocenters. The predicted molar refractivity (Wildman–Crippen MR) is 133 cm³/mol. The van der Waals surface area contributed by atoms with Gasteiger partial charge in [-0.1, -0.05) is 60.7 Å². The molecule has 0 saturated heterocycles. The van der Waals surface area contributed by atoms with Crippen molar-refractivity contribution in [1.82, 2.24) is 4.90 Å². The second-order valence-corrected chi connectivity index (χ2v) is 8.62. The van der Waals surface area contributed by atoms with Gasteiger partial charge in [-0.3, -0.25) is 4.90 Å². The summed E-state index contributed by atoms with van der Waals surface area (Å²) in [6, 6.07) is 24.2. The lowest BCUT2D eigenvalue weighted by Gasteiger charge is -2.41. The van der Waals surface area contributed by atoms with Crippen molar-refractivity contribution in [3.05, 3.63) is 95.1 Å². The van der Waals surface area contributed by atoms with E-state index in [1.807, 2.05) is 36.4 Å². The average Bonchev–Trinajstić information content (AvgIpc) is 2.89. The molecule has 1 aliphatic rings. The van der Waals surface area contributed by atoms with Crippen molar-refractivity contribution >= 4 is 5.97 Å². The molecule has 5 heteroatoms. The monoisotopic (exact) mass is 459 g/mol. The van der Waals surface area contributed by atoms with Crippen LogP contribution in [0.3, 0.4) is 0 Å². The van der Waals surface area contributed by atoms with E-state index in [1.165, 1.54) is 23.8 Å². The zero-order valence-corrected chi connectivity index (χ0v) is 20.2. The first-order valence-electron chi connectivity index (χ1n) is 11.8. The summed E-state index contributed by atoms with van der Waals surface area (Å²) in [5.41, 5.74) is 4.72. The van der Waals surface area contributed by atoms with Gasteiger partial charge < -0.3 is 14.2 Å². The van der Waals surface area contributed by atoms with E-state index in [9.17, 15) is 4.79 Å². The third-order valence-corrected chi connectivity index (χ3v) is 6.70. The highest BCUT2D eigenvalue weighted by Gasteiger charge is 2.37. The third kappa shape index (κ3) is 5.10. The molecule has 5 nitrogen and oxygen atoms in total. The number of esters is 1. The van der Waals surface area contributed by atoms with Crippen molar-refractivity contribution in [2.75, 3.05) is 27.9 Å². The summed E-state index contributed by atoms with van der Waals surface area (Å²) < 4.78 is 16.5. The summed E-state index contributed by atoms with van der Waals surface area (Å²) in [6.45, 7) is 0.757. The first kappa shape index (κ1) is 23.8. The molecule has 0 N–H and O–H groups in total. The van der Waals surface area contributed by atoms with Crippen LogP contribution in [-0.4, -0.2) is 38.7 Å². The second-order valence-electron chi connectivity index (χ2n) is 8.62. The van der Waals surface area contributed by atoms with Crippen molar-refractivity contribution in [3.8, 4) is 11.5 Å². The van der Waals surface area contributed by atoms with Gasteiger partial charge in [0.15, 0.2) is 11.5 Å². The van der Waals surface area contributed by atoms with Gasteiger partial charge >= 0.3 is 5.97 Å². The maximum Gasteiger partial charge on any atom is 0.327 e. The average molecular weight is 460 g/mol. The van der Waals surface area contributed by atoms with Gasteiger partial charge in [0.1, 0.15) is 6.04 Å². The normalized spacial score (nSPS) is 16.4. The van der Waals surface area contributed by atoms with Crippen LogP contribution >= 0.6 is 0 Å². The van der Waals surface area contributed by atoms with Crippen LogP contribution in [0.2, 0.25) is 0 Å². The molecule has 1 heterocycles. The summed E-state index contributed by atoms with van der Waals surface area (Å²) >= 11 is 0. The minimum absolute atomic E-state index is 0.0524. The van der Waals surface area contributed by atoms with Crippen LogP contribution in [0.4, 0.5) is 0 Å². The molecule has 34 heavy (non-hydrogen) atoms. The van der Waals surface area contributed by atoms with Crippen LogP contribution in [0.5, 0.6) is 11.5 Å². The van der Waals surface area contributed by atoms with Crippen molar-refractivity contribution in [2.45, 2.75) is 37.8 Å². The number of carbonyl (C=O) groups is 1. The summed E-state index contributed by atoms with van der Waals surface area (Å²) in [6.07, 6.45) is 3.73. The maximum atomic E-state index is 13.1. The molecule has 0 aromatic heterocycles. The minimum atomic E-state index is -0.464. The predicted octanol–water partition coefficient (Wildman–Crippen LogP) is 5.54. The van der Waals surface area contributed by atoms with Crippen LogP contribution < -0.4 is 9.47 Å². The molecule has 0 amide bonds. The second kappa shape index (κ2) is 11.2. The molecule has 4 rings (SSSR count). The van der Waals surface area contributed by atoms with E-state index < -0.39 is 6.04 Å². The van der Waals surface area contributed by atoms with Crippen molar-refractivity contribution in [1.29, 1.82) is 0 Å². The fraction of sp³-hybridized carbons (Fsp3) is 0.345. The SMILES string of the molecule is COC(=O)C(c1ccccc1)N1CCc2cc(OC)c(OC)cc2C1CCCc1ccccc1. The van der Waals surface area contributed by atoms with Gasteiger partial charge in [-0.15, -0.1) is 0 Å². The lowest BCUT2D eigenvalue weighted by Crippen LogP contribution is -2.42. The number of hydrogen-bond acceptors (Lipinski definition) is 5. The fourth-order valence-corrected chi connectivity index (χ4v) is 5.03. The number of nitrogens with zero attached hydrogens (tertiary/aromatic N) is 1. The number of ether oxygens (including phenoxy) is 3. The minimum Gasteiger partial charge on any atom is -0.493 e. The molecule has 0 radical (unpaired) electrons. The number of methoxy groups -OCH3 is 3. The highest BCUT2D eigenvalue weighted by molar-refractivity contribution is 5.77. The van der Waals surface area contributed by atoms with Gasteiger partial charge in [0, 0.05) is 12.6 Å². The van der Waals surface area contributed by atoms with E-state index >= 15 is 0 Å². The highest BCUT2D eigenvalue weighted by Crippen LogP contribution is 2.43. The Morgan fingerprint density at radius 1 is 0.941 bits per heavy atom. The molecule has 0 fully saturated rings. The Morgan fingerprint density at radius 2 is 1.59 bits per heavy atom. The number of aryl methyl sites for hydroxylation is 1. The quantitative estimate of drug-likeness (QED) is 0.393. The molecule has 178 valence electrons. The van der Waals surface area contributed by atoms with Gasteiger partial charge in [0.2, 0.25) is 0 Å². The molecule has 0 spiro atoms. The lowest BCUT2D eigenvalue weighted by molar-refractivity contribution is -0.148. The zero-order chi connectivity index (χ0) is 23.9. The largest absolute Gasteiger partial charge is 0.493 e. The zero-order valence-electron chi connectivity index (χ0n) is 20.2. The molecular weight excluding hydrogens is 426 g/mol. The summed E-state index contributed by atoms with van der Waals surface area (Å²) in [5, 5.41) is 0. The van der Waals surface area contributed by atoms with Gasteiger partial charge in [-0.2, -0.15) is 0 Å². The number of rotatable bonds is 9. The number of hydrogen-bond donors (Lipinski definition) is 0.